The summed E-state index contributed by atoms with van der Waals surface area (Å²) >= 11 is 0. The number of carbonyl (C=O) groups is 2. The van der Waals surface area contributed by atoms with Crippen LogP contribution < -0.4 is 15.8 Å². The van der Waals surface area contributed by atoms with E-state index < -0.39 is 11.3 Å². The number of methoxy groups -OCH3 is 1. The number of benzene rings is 2. The van der Waals surface area contributed by atoms with E-state index >= 15 is 0 Å². The number of ether oxygens (including phenoxy) is 2. The largest absolute Gasteiger partial charge is 0.497 e. The van der Waals surface area contributed by atoms with Crippen LogP contribution in [-0.2, 0) is 20.7 Å². The fourth-order valence-electron chi connectivity index (χ4n) is 3.69. The van der Waals surface area contributed by atoms with E-state index in [-0.39, 0.29) is 12.5 Å². The van der Waals surface area contributed by atoms with Gasteiger partial charge < -0.3 is 20.5 Å². The van der Waals surface area contributed by atoms with E-state index in [1.165, 1.54) is 0 Å². The summed E-state index contributed by atoms with van der Waals surface area (Å²) in [6, 6.07) is 16.0. The molecule has 0 bridgehead atoms. The molecule has 6 nitrogen and oxygen atoms in total. The fraction of sp³-hybridized carbons (Fsp3) is 0.364. The molecule has 0 saturated carbocycles. The molecule has 3 N–H and O–H groups in total. The van der Waals surface area contributed by atoms with Crippen molar-refractivity contribution in [1.29, 1.82) is 0 Å². The highest BCUT2D eigenvalue weighted by molar-refractivity contribution is 5.88. The zero-order chi connectivity index (χ0) is 20.0. The van der Waals surface area contributed by atoms with Gasteiger partial charge in [0.2, 0.25) is 11.8 Å². The van der Waals surface area contributed by atoms with Crippen LogP contribution in [-0.4, -0.2) is 38.7 Å². The summed E-state index contributed by atoms with van der Waals surface area (Å²) in [5, 5.41) is 2.70. The minimum Gasteiger partial charge on any atom is -0.497 e. The maximum atomic E-state index is 13.0. The van der Waals surface area contributed by atoms with E-state index in [1.54, 1.807) is 7.11 Å². The molecule has 0 aliphatic carbocycles. The normalized spacial score (nSPS) is 15.6. The Kier molecular flexibility index (Phi) is 6.31. The summed E-state index contributed by atoms with van der Waals surface area (Å²) in [4.78, 5) is 24.1. The van der Waals surface area contributed by atoms with E-state index in [9.17, 15) is 9.59 Å². The lowest BCUT2D eigenvalue weighted by Crippen LogP contribution is -2.48. The van der Waals surface area contributed by atoms with Crippen molar-refractivity contribution in [2.75, 3.05) is 26.9 Å². The van der Waals surface area contributed by atoms with E-state index in [1.807, 2.05) is 36.4 Å². The van der Waals surface area contributed by atoms with Crippen molar-refractivity contribution in [3.63, 3.8) is 0 Å². The Morgan fingerprint density at radius 1 is 1.11 bits per heavy atom. The molecule has 148 valence electrons. The maximum absolute atomic E-state index is 13.0. The maximum Gasteiger partial charge on any atom is 0.236 e. The first-order chi connectivity index (χ1) is 13.5. The van der Waals surface area contributed by atoms with Crippen molar-refractivity contribution in [3.05, 3.63) is 54.1 Å². The summed E-state index contributed by atoms with van der Waals surface area (Å²) in [6.07, 6.45) is 1.78. The fourth-order valence-corrected chi connectivity index (χ4v) is 3.69. The van der Waals surface area contributed by atoms with Gasteiger partial charge in [-0.25, -0.2) is 0 Å². The molecule has 1 fully saturated rings. The molecule has 3 rings (SSSR count). The van der Waals surface area contributed by atoms with Crippen LogP contribution >= 0.6 is 0 Å². The smallest absolute Gasteiger partial charge is 0.236 e. The topological polar surface area (TPSA) is 90.6 Å². The van der Waals surface area contributed by atoms with Gasteiger partial charge >= 0.3 is 0 Å². The second-order valence-corrected chi connectivity index (χ2v) is 7.10. The van der Waals surface area contributed by atoms with Crippen LogP contribution in [0.4, 0.5) is 0 Å². The number of carbonyl (C=O) groups excluding carboxylic acids is 2. The Hall–Kier alpha value is -2.86. The molecule has 2 aromatic rings. The number of amides is 2. The highest BCUT2D eigenvalue weighted by Crippen LogP contribution is 2.37. The highest BCUT2D eigenvalue weighted by Gasteiger charge is 2.40. The van der Waals surface area contributed by atoms with Gasteiger partial charge in [0.15, 0.2) is 0 Å². The third-order valence-electron chi connectivity index (χ3n) is 5.30. The molecule has 0 atom stereocenters. The van der Waals surface area contributed by atoms with Gasteiger partial charge in [0, 0.05) is 13.2 Å². The van der Waals surface area contributed by atoms with Crippen molar-refractivity contribution in [2.24, 2.45) is 11.1 Å². The van der Waals surface area contributed by atoms with E-state index in [4.69, 9.17) is 15.2 Å². The van der Waals surface area contributed by atoms with Crippen molar-refractivity contribution >= 4 is 11.8 Å². The van der Waals surface area contributed by atoms with Gasteiger partial charge in [0.05, 0.1) is 19.1 Å². The van der Waals surface area contributed by atoms with Crippen LogP contribution in [0.3, 0.4) is 0 Å². The second kappa shape index (κ2) is 8.89. The first kappa shape index (κ1) is 19.9. The van der Waals surface area contributed by atoms with Crippen molar-refractivity contribution in [1.82, 2.24) is 5.32 Å². The number of rotatable bonds is 7. The number of hydrogen-bond acceptors (Lipinski definition) is 4. The average Bonchev–Trinajstić information content (AvgIpc) is 2.73. The van der Waals surface area contributed by atoms with Crippen LogP contribution in [0.1, 0.15) is 18.4 Å². The lowest BCUT2D eigenvalue weighted by atomic mass is 9.73. The first-order valence-electron chi connectivity index (χ1n) is 9.41. The van der Waals surface area contributed by atoms with Gasteiger partial charge in [-0.3, -0.25) is 9.59 Å². The van der Waals surface area contributed by atoms with Crippen LogP contribution in [0, 0.1) is 5.41 Å². The average molecular weight is 382 g/mol. The third kappa shape index (κ3) is 4.51. The molecule has 1 heterocycles. The summed E-state index contributed by atoms with van der Waals surface area (Å²) in [6.45, 7) is 0.894. The molecule has 0 spiro atoms. The molecule has 1 aliphatic heterocycles. The zero-order valence-corrected chi connectivity index (χ0v) is 16.1. The van der Waals surface area contributed by atoms with Crippen molar-refractivity contribution in [2.45, 2.75) is 19.3 Å². The lowest BCUT2D eigenvalue weighted by Gasteiger charge is -2.36. The molecule has 1 saturated heterocycles. The van der Waals surface area contributed by atoms with Gasteiger partial charge in [-0.2, -0.15) is 0 Å². The number of primary amides is 1. The van der Waals surface area contributed by atoms with Crippen LogP contribution in [0.15, 0.2) is 48.5 Å². The van der Waals surface area contributed by atoms with Gasteiger partial charge in [0.25, 0.3) is 0 Å². The molecule has 0 radical (unpaired) electrons. The van der Waals surface area contributed by atoms with E-state index in [0.717, 1.165) is 22.4 Å². The molecule has 0 aromatic heterocycles. The monoisotopic (exact) mass is 382 g/mol. The second-order valence-electron chi connectivity index (χ2n) is 7.10. The van der Waals surface area contributed by atoms with Crippen LogP contribution in [0.2, 0.25) is 0 Å². The summed E-state index contributed by atoms with van der Waals surface area (Å²) in [5.74, 6) is 0.112. The SMILES string of the molecule is COc1ccc(-c2ccccc2CC2(C(=O)NCC(N)=O)CCOCC2)cc1. The quantitative estimate of drug-likeness (QED) is 0.769. The highest BCUT2D eigenvalue weighted by atomic mass is 16.5. The first-order valence-corrected chi connectivity index (χ1v) is 9.41. The minimum atomic E-state index is -0.615. The zero-order valence-electron chi connectivity index (χ0n) is 16.1. The standard InChI is InChI=1S/C22H26N2O4/c1-27-18-8-6-16(7-9-18)19-5-3-2-4-17(19)14-22(10-12-28-13-11-22)21(26)24-15-20(23)25/h2-9H,10-15H2,1H3,(H2,23,25)(H,24,26). The van der Waals surface area contributed by atoms with Crippen LogP contribution in [0.25, 0.3) is 11.1 Å². The van der Waals surface area contributed by atoms with Crippen LogP contribution in [0.5, 0.6) is 5.75 Å². The number of hydrogen-bond donors (Lipinski definition) is 2. The Morgan fingerprint density at radius 2 is 1.79 bits per heavy atom. The molecular weight excluding hydrogens is 356 g/mol. The Bertz CT molecular complexity index is 827. The summed E-state index contributed by atoms with van der Waals surface area (Å²) in [5.41, 5.74) is 7.82. The van der Waals surface area contributed by atoms with Gasteiger partial charge in [-0.05, 0) is 48.1 Å². The molecule has 28 heavy (non-hydrogen) atoms. The molecule has 6 heteroatoms. The van der Waals surface area contributed by atoms with Crippen molar-refractivity contribution in [3.8, 4) is 16.9 Å². The van der Waals surface area contributed by atoms with Gasteiger partial charge in [-0.1, -0.05) is 36.4 Å². The number of nitrogens with two attached hydrogens (primary N) is 1. The lowest BCUT2D eigenvalue weighted by molar-refractivity contribution is -0.137. The Morgan fingerprint density at radius 3 is 2.43 bits per heavy atom. The Labute approximate surface area is 165 Å². The van der Waals surface area contributed by atoms with E-state index in [0.29, 0.717) is 32.5 Å². The van der Waals surface area contributed by atoms with Gasteiger partial charge in [0.1, 0.15) is 5.75 Å². The Balaban J connectivity index is 1.90. The third-order valence-corrected chi connectivity index (χ3v) is 5.30. The van der Waals surface area contributed by atoms with E-state index in [2.05, 4.69) is 17.4 Å². The summed E-state index contributed by atoms with van der Waals surface area (Å²) < 4.78 is 10.7. The molecule has 0 unspecified atom stereocenters. The van der Waals surface area contributed by atoms with Gasteiger partial charge in [-0.15, -0.1) is 0 Å². The predicted octanol–water partition coefficient (Wildman–Crippen LogP) is 2.30. The molecule has 2 aromatic carbocycles. The molecule has 2 amide bonds. The molecular formula is C22H26N2O4. The molecule has 1 aliphatic rings. The number of nitrogens with one attached hydrogen (secondary N) is 1. The van der Waals surface area contributed by atoms with Crippen molar-refractivity contribution < 1.29 is 19.1 Å². The summed E-state index contributed by atoms with van der Waals surface area (Å²) in [7, 11) is 1.64. The minimum absolute atomic E-state index is 0.140. The predicted molar refractivity (Wildman–Crippen MR) is 107 cm³/mol.